The summed E-state index contributed by atoms with van der Waals surface area (Å²) in [7, 11) is 0. The number of thiocarbonyl (C=S) groups is 1. The average Bonchev–Trinajstić information content (AvgIpc) is 2.39. The van der Waals surface area contributed by atoms with Gasteiger partial charge >= 0.3 is 6.29 Å². The van der Waals surface area contributed by atoms with Crippen molar-refractivity contribution >= 4 is 23.1 Å². The van der Waals surface area contributed by atoms with Gasteiger partial charge in [-0.25, -0.2) is 0 Å². The van der Waals surface area contributed by atoms with Crippen molar-refractivity contribution in [2.45, 2.75) is 13.2 Å². The van der Waals surface area contributed by atoms with Gasteiger partial charge < -0.3 is 9.47 Å². The minimum absolute atomic E-state index is 0.000758. The molecule has 0 saturated carbocycles. The predicted molar refractivity (Wildman–Crippen MR) is 52.1 cm³/mol. The second kappa shape index (κ2) is 3.25. The van der Waals surface area contributed by atoms with E-state index in [1.54, 1.807) is 6.92 Å². The highest BCUT2D eigenvalue weighted by Crippen LogP contribution is 2.44. The van der Waals surface area contributed by atoms with Gasteiger partial charge in [0.1, 0.15) is 0 Å². The molecule has 6 heteroatoms. The summed E-state index contributed by atoms with van der Waals surface area (Å²) in [6, 6.07) is 2.76. The number of nitrogens with zero attached hydrogens (tertiary/aromatic N) is 1. The van der Waals surface area contributed by atoms with E-state index >= 15 is 0 Å². The highest BCUT2D eigenvalue weighted by Gasteiger charge is 2.43. The smallest absolute Gasteiger partial charge is 0.395 e. The molecule has 15 heavy (non-hydrogen) atoms. The first-order valence-corrected chi connectivity index (χ1v) is 4.41. The molecule has 0 fully saturated rings. The molecule has 0 unspecified atom stereocenters. The normalized spacial score (nSPS) is 15.9. The fourth-order valence-electron chi connectivity index (χ4n) is 1.26. The highest BCUT2D eigenvalue weighted by atomic mass is 32.1. The number of halogens is 2. The molecule has 1 aliphatic heterocycles. The van der Waals surface area contributed by atoms with E-state index in [0.29, 0.717) is 11.3 Å². The molecule has 0 N–H and O–H groups in total. The van der Waals surface area contributed by atoms with Crippen LogP contribution in [0.2, 0.25) is 0 Å². The maximum absolute atomic E-state index is 12.7. The van der Waals surface area contributed by atoms with Crippen molar-refractivity contribution in [1.29, 1.82) is 0 Å². The van der Waals surface area contributed by atoms with Crippen molar-refractivity contribution in [3.05, 3.63) is 17.7 Å². The van der Waals surface area contributed by atoms with Crippen molar-refractivity contribution in [1.82, 2.24) is 0 Å². The fourth-order valence-corrected chi connectivity index (χ4v) is 1.36. The molecule has 2 rings (SSSR count). The van der Waals surface area contributed by atoms with Gasteiger partial charge in [-0.2, -0.15) is 4.99 Å². The van der Waals surface area contributed by atoms with Crippen molar-refractivity contribution < 1.29 is 18.3 Å². The maximum atomic E-state index is 12.7. The van der Waals surface area contributed by atoms with E-state index in [0.717, 1.165) is 0 Å². The summed E-state index contributed by atoms with van der Waals surface area (Å²) in [6.07, 6.45) is -3.60. The van der Waals surface area contributed by atoms with Crippen LogP contribution in [0.25, 0.3) is 0 Å². The number of isothiocyanates is 1. The molecule has 1 aromatic carbocycles. The van der Waals surface area contributed by atoms with E-state index in [1.165, 1.54) is 12.1 Å². The van der Waals surface area contributed by atoms with Gasteiger partial charge in [-0.15, -0.1) is 8.78 Å². The summed E-state index contributed by atoms with van der Waals surface area (Å²) in [5.74, 6) is -0.0459. The van der Waals surface area contributed by atoms with Crippen molar-refractivity contribution in [2.24, 2.45) is 4.99 Å². The Morgan fingerprint density at radius 1 is 1.33 bits per heavy atom. The van der Waals surface area contributed by atoms with Gasteiger partial charge in [-0.3, -0.25) is 0 Å². The zero-order valence-electron chi connectivity index (χ0n) is 7.58. The second-order valence-corrected chi connectivity index (χ2v) is 3.14. The van der Waals surface area contributed by atoms with Crippen LogP contribution in [0.5, 0.6) is 11.5 Å². The summed E-state index contributed by atoms with van der Waals surface area (Å²) in [4.78, 5) is 3.72. The molecule has 0 saturated heterocycles. The van der Waals surface area contributed by atoms with Crippen LogP contribution in [-0.4, -0.2) is 11.5 Å². The van der Waals surface area contributed by atoms with Crippen molar-refractivity contribution in [3.63, 3.8) is 0 Å². The Morgan fingerprint density at radius 3 is 2.53 bits per heavy atom. The molecule has 78 valence electrons. The standard InChI is InChI=1S/C9H5F2NO2S/c1-5-2-7-8(3-6(5)12-4-15)14-9(10,11)13-7/h2-3H,1H3. The Labute approximate surface area is 89.3 Å². The first-order valence-electron chi connectivity index (χ1n) is 4.00. The number of hydrogen-bond acceptors (Lipinski definition) is 4. The summed E-state index contributed by atoms with van der Waals surface area (Å²) in [5.41, 5.74) is 1.09. The van der Waals surface area contributed by atoms with Crippen LogP contribution in [0.1, 0.15) is 5.56 Å². The Hall–Kier alpha value is -1.52. The monoisotopic (exact) mass is 229 g/mol. The molecule has 1 aromatic rings. The fraction of sp³-hybridized carbons (Fsp3) is 0.222. The third-order valence-corrected chi connectivity index (χ3v) is 1.98. The molecular weight excluding hydrogens is 224 g/mol. The SMILES string of the molecule is Cc1cc2c(cc1N=C=S)OC(F)(F)O2. The van der Waals surface area contributed by atoms with Crippen LogP contribution in [0.4, 0.5) is 14.5 Å². The molecular formula is C9H5F2NO2S. The molecule has 0 spiro atoms. The average molecular weight is 229 g/mol. The quantitative estimate of drug-likeness (QED) is 0.547. The Bertz CT molecular complexity index is 469. The molecule has 3 nitrogen and oxygen atoms in total. The van der Waals surface area contributed by atoms with Gasteiger partial charge in [-0.05, 0) is 30.8 Å². The van der Waals surface area contributed by atoms with E-state index in [9.17, 15) is 8.78 Å². The summed E-state index contributed by atoms with van der Waals surface area (Å²) in [6.45, 7) is 1.70. The largest absolute Gasteiger partial charge is 0.586 e. The lowest BCUT2D eigenvalue weighted by Crippen LogP contribution is -2.25. The zero-order chi connectivity index (χ0) is 11.1. The van der Waals surface area contributed by atoms with Crippen LogP contribution in [0.15, 0.2) is 17.1 Å². The van der Waals surface area contributed by atoms with Gasteiger partial charge in [0.15, 0.2) is 11.5 Å². The molecule has 0 aromatic heterocycles. The molecule has 0 radical (unpaired) electrons. The minimum atomic E-state index is -3.60. The maximum Gasteiger partial charge on any atom is 0.586 e. The summed E-state index contributed by atoms with van der Waals surface area (Å²) < 4.78 is 33.9. The lowest BCUT2D eigenvalue weighted by atomic mass is 10.2. The van der Waals surface area contributed by atoms with Gasteiger partial charge in [0.2, 0.25) is 0 Å². The zero-order valence-corrected chi connectivity index (χ0v) is 8.40. The molecule has 0 bridgehead atoms. The second-order valence-electron chi connectivity index (χ2n) is 2.96. The van der Waals surface area contributed by atoms with E-state index in [4.69, 9.17) is 0 Å². The van der Waals surface area contributed by atoms with Crippen LogP contribution >= 0.6 is 12.2 Å². The first-order chi connectivity index (χ1) is 7.02. The Morgan fingerprint density at radius 2 is 1.93 bits per heavy atom. The lowest BCUT2D eigenvalue weighted by Gasteiger charge is -2.04. The van der Waals surface area contributed by atoms with Gasteiger partial charge in [0.05, 0.1) is 10.8 Å². The molecule has 0 amide bonds. The van der Waals surface area contributed by atoms with E-state index in [-0.39, 0.29) is 11.5 Å². The van der Waals surface area contributed by atoms with E-state index in [2.05, 4.69) is 31.8 Å². The number of rotatable bonds is 1. The predicted octanol–water partition coefficient (Wildman–Crippen LogP) is 3.05. The Kier molecular flexibility index (Phi) is 2.17. The van der Waals surface area contributed by atoms with Crippen LogP contribution in [0.3, 0.4) is 0 Å². The van der Waals surface area contributed by atoms with Crippen LogP contribution in [0, 0.1) is 6.92 Å². The van der Waals surface area contributed by atoms with E-state index < -0.39 is 6.29 Å². The molecule has 0 atom stereocenters. The number of aliphatic imine (C=N–C) groups is 1. The molecule has 1 heterocycles. The number of alkyl halides is 2. The van der Waals surface area contributed by atoms with Crippen molar-refractivity contribution in [3.8, 4) is 11.5 Å². The third-order valence-electron chi connectivity index (χ3n) is 1.89. The number of fused-ring (bicyclic) bond motifs is 1. The van der Waals surface area contributed by atoms with Crippen molar-refractivity contribution in [2.75, 3.05) is 0 Å². The van der Waals surface area contributed by atoms with E-state index in [1.807, 2.05) is 0 Å². The minimum Gasteiger partial charge on any atom is -0.395 e. The van der Waals surface area contributed by atoms with Gasteiger partial charge in [0, 0.05) is 6.07 Å². The topological polar surface area (TPSA) is 30.8 Å². The van der Waals surface area contributed by atoms with Gasteiger partial charge in [-0.1, -0.05) is 0 Å². The first kappa shape index (κ1) is 10.0. The van der Waals surface area contributed by atoms with Crippen LogP contribution < -0.4 is 9.47 Å². The number of ether oxygens (including phenoxy) is 2. The Balaban J connectivity index is 2.49. The number of aryl methyl sites for hydroxylation is 1. The molecule has 1 aliphatic rings. The number of benzene rings is 1. The van der Waals surface area contributed by atoms with Crippen LogP contribution in [-0.2, 0) is 0 Å². The summed E-state index contributed by atoms with van der Waals surface area (Å²) in [5, 5.41) is 2.16. The lowest BCUT2D eigenvalue weighted by molar-refractivity contribution is -0.286. The van der Waals surface area contributed by atoms with Gasteiger partial charge in [0.25, 0.3) is 0 Å². The number of hydrogen-bond donors (Lipinski definition) is 0. The third kappa shape index (κ3) is 1.82. The highest BCUT2D eigenvalue weighted by molar-refractivity contribution is 7.78. The summed E-state index contributed by atoms with van der Waals surface area (Å²) >= 11 is 4.43. The molecule has 0 aliphatic carbocycles.